The highest BCUT2D eigenvalue weighted by Crippen LogP contribution is 2.29. The van der Waals surface area contributed by atoms with Crippen LogP contribution < -0.4 is 15.4 Å². The number of aliphatic hydroxyl groups excluding tert-OH is 2. The van der Waals surface area contributed by atoms with Crippen LogP contribution in [-0.4, -0.2) is 42.6 Å². The molecule has 1 aromatic rings. The van der Waals surface area contributed by atoms with Gasteiger partial charge in [0.05, 0.1) is 25.0 Å². The summed E-state index contributed by atoms with van der Waals surface area (Å²) in [6.07, 6.45) is -1.38. The first-order valence-electron chi connectivity index (χ1n) is 5.16. The molecule has 0 spiro atoms. The predicted octanol–water partition coefficient (Wildman–Crippen LogP) is -0.181. The van der Waals surface area contributed by atoms with Crippen LogP contribution in [0.15, 0.2) is 18.2 Å². The Morgan fingerprint density at radius 3 is 2.50 bits per heavy atom. The Bertz CT molecular complexity index is 373. The molecule has 1 aliphatic rings. The van der Waals surface area contributed by atoms with E-state index in [0.29, 0.717) is 24.5 Å². The lowest BCUT2D eigenvalue weighted by Crippen LogP contribution is -2.22. The summed E-state index contributed by atoms with van der Waals surface area (Å²) in [7, 11) is 1.56. The van der Waals surface area contributed by atoms with E-state index in [4.69, 9.17) is 10.5 Å². The number of methoxy groups -OCH3 is 1. The maximum atomic E-state index is 9.46. The molecule has 0 aliphatic carbocycles. The van der Waals surface area contributed by atoms with Gasteiger partial charge in [0.1, 0.15) is 5.75 Å². The molecule has 2 atom stereocenters. The summed E-state index contributed by atoms with van der Waals surface area (Å²) in [5, 5.41) is 18.9. The largest absolute Gasteiger partial charge is 0.495 e. The third kappa shape index (κ3) is 1.91. The number of rotatable bonds is 2. The van der Waals surface area contributed by atoms with Crippen molar-refractivity contribution in [1.82, 2.24) is 0 Å². The maximum Gasteiger partial charge on any atom is 0.143 e. The second-order valence-electron chi connectivity index (χ2n) is 3.97. The summed E-state index contributed by atoms with van der Waals surface area (Å²) in [6.45, 7) is 0.850. The number of aliphatic hydroxyl groups is 2. The summed E-state index contributed by atoms with van der Waals surface area (Å²) >= 11 is 0. The third-order valence-corrected chi connectivity index (χ3v) is 2.84. The normalized spacial score (nSPS) is 24.8. The van der Waals surface area contributed by atoms with E-state index in [2.05, 4.69) is 0 Å². The van der Waals surface area contributed by atoms with Gasteiger partial charge in [-0.2, -0.15) is 0 Å². The van der Waals surface area contributed by atoms with Gasteiger partial charge in [0.2, 0.25) is 0 Å². The first-order valence-corrected chi connectivity index (χ1v) is 5.16. The Balaban J connectivity index is 2.22. The van der Waals surface area contributed by atoms with Gasteiger partial charge in [-0.3, -0.25) is 0 Å². The van der Waals surface area contributed by atoms with Gasteiger partial charge in [0.25, 0.3) is 0 Å². The van der Waals surface area contributed by atoms with Crippen molar-refractivity contribution in [2.75, 3.05) is 30.8 Å². The van der Waals surface area contributed by atoms with Crippen LogP contribution in [0.1, 0.15) is 0 Å². The van der Waals surface area contributed by atoms with Gasteiger partial charge in [-0.25, -0.2) is 0 Å². The number of anilines is 2. The summed E-state index contributed by atoms with van der Waals surface area (Å²) in [5.41, 5.74) is 7.18. The van der Waals surface area contributed by atoms with E-state index in [1.165, 1.54) is 0 Å². The average molecular weight is 224 g/mol. The molecule has 1 aromatic carbocycles. The van der Waals surface area contributed by atoms with Crippen molar-refractivity contribution < 1.29 is 14.9 Å². The predicted molar refractivity (Wildman–Crippen MR) is 61.6 cm³/mol. The number of nitrogens with zero attached hydrogens (tertiary/aromatic N) is 1. The SMILES string of the molecule is COc1cc(N2CC(O)C(O)C2)ccc1N. The number of ether oxygens (including phenoxy) is 1. The molecule has 4 N–H and O–H groups in total. The van der Waals surface area contributed by atoms with E-state index in [0.717, 1.165) is 5.69 Å². The van der Waals surface area contributed by atoms with Gasteiger partial charge in [-0.05, 0) is 12.1 Å². The van der Waals surface area contributed by atoms with Crippen molar-refractivity contribution in [3.05, 3.63) is 18.2 Å². The fourth-order valence-corrected chi connectivity index (χ4v) is 1.88. The molecule has 1 aliphatic heterocycles. The zero-order valence-corrected chi connectivity index (χ0v) is 9.13. The minimum Gasteiger partial charge on any atom is -0.495 e. The Labute approximate surface area is 94.1 Å². The highest BCUT2D eigenvalue weighted by atomic mass is 16.5. The molecule has 88 valence electrons. The van der Waals surface area contributed by atoms with E-state index in [1.54, 1.807) is 19.2 Å². The molecule has 0 bridgehead atoms. The Morgan fingerprint density at radius 1 is 1.31 bits per heavy atom. The number of hydrogen-bond donors (Lipinski definition) is 3. The van der Waals surface area contributed by atoms with Crippen LogP contribution in [0.2, 0.25) is 0 Å². The smallest absolute Gasteiger partial charge is 0.143 e. The molecule has 1 saturated heterocycles. The fraction of sp³-hybridized carbons (Fsp3) is 0.455. The highest BCUT2D eigenvalue weighted by molar-refractivity contribution is 5.62. The minimum absolute atomic E-state index is 0.425. The van der Waals surface area contributed by atoms with Crippen LogP contribution in [-0.2, 0) is 0 Å². The van der Waals surface area contributed by atoms with Crippen molar-refractivity contribution >= 4 is 11.4 Å². The lowest BCUT2D eigenvalue weighted by Gasteiger charge is -2.18. The Hall–Kier alpha value is -1.46. The van der Waals surface area contributed by atoms with Crippen molar-refractivity contribution in [2.45, 2.75) is 12.2 Å². The quantitative estimate of drug-likeness (QED) is 0.607. The Morgan fingerprint density at radius 2 is 1.94 bits per heavy atom. The Kier molecular flexibility index (Phi) is 2.89. The average Bonchev–Trinajstić information content (AvgIpc) is 2.60. The van der Waals surface area contributed by atoms with E-state index in [9.17, 15) is 10.2 Å². The van der Waals surface area contributed by atoms with E-state index < -0.39 is 12.2 Å². The van der Waals surface area contributed by atoms with Gasteiger partial charge in [-0.1, -0.05) is 0 Å². The van der Waals surface area contributed by atoms with E-state index in [1.807, 2.05) is 11.0 Å². The summed E-state index contributed by atoms with van der Waals surface area (Å²) in [4.78, 5) is 1.90. The van der Waals surface area contributed by atoms with Crippen LogP contribution in [0.4, 0.5) is 11.4 Å². The summed E-state index contributed by atoms with van der Waals surface area (Å²) in [6, 6.07) is 5.41. The summed E-state index contributed by atoms with van der Waals surface area (Å²) < 4.78 is 5.12. The second kappa shape index (κ2) is 4.19. The highest BCUT2D eigenvalue weighted by Gasteiger charge is 2.29. The number of β-amino-alcohol motifs (C(OH)–C–C–N with tert-alkyl or cyclic N) is 2. The van der Waals surface area contributed by atoms with Crippen molar-refractivity contribution in [1.29, 1.82) is 0 Å². The summed E-state index contributed by atoms with van der Waals surface area (Å²) in [5.74, 6) is 0.605. The van der Waals surface area contributed by atoms with Crippen LogP contribution in [0.3, 0.4) is 0 Å². The molecule has 0 radical (unpaired) electrons. The molecule has 1 heterocycles. The van der Waals surface area contributed by atoms with Crippen molar-refractivity contribution in [3.63, 3.8) is 0 Å². The van der Waals surface area contributed by atoms with Crippen LogP contribution in [0, 0.1) is 0 Å². The molecule has 0 saturated carbocycles. The molecule has 1 fully saturated rings. The van der Waals surface area contributed by atoms with Gasteiger partial charge in [-0.15, -0.1) is 0 Å². The molecule has 0 aromatic heterocycles. The van der Waals surface area contributed by atoms with E-state index >= 15 is 0 Å². The molecule has 0 amide bonds. The van der Waals surface area contributed by atoms with Gasteiger partial charge < -0.3 is 25.6 Å². The molecule has 2 rings (SSSR count). The first kappa shape index (κ1) is 11.0. The maximum absolute atomic E-state index is 9.46. The zero-order valence-electron chi connectivity index (χ0n) is 9.13. The topological polar surface area (TPSA) is 79.0 Å². The van der Waals surface area contributed by atoms with Crippen LogP contribution in [0.5, 0.6) is 5.75 Å². The molecule has 5 nitrogen and oxygen atoms in total. The lowest BCUT2D eigenvalue weighted by molar-refractivity contribution is 0.0572. The van der Waals surface area contributed by atoms with Crippen LogP contribution >= 0.6 is 0 Å². The molecular weight excluding hydrogens is 208 g/mol. The lowest BCUT2D eigenvalue weighted by atomic mass is 10.2. The fourth-order valence-electron chi connectivity index (χ4n) is 1.88. The second-order valence-corrected chi connectivity index (χ2v) is 3.97. The first-order chi connectivity index (χ1) is 7.61. The number of nitrogen functional groups attached to an aromatic ring is 1. The number of nitrogens with two attached hydrogens (primary N) is 1. The van der Waals surface area contributed by atoms with E-state index in [-0.39, 0.29) is 0 Å². The third-order valence-electron chi connectivity index (χ3n) is 2.84. The number of benzene rings is 1. The number of hydrogen-bond acceptors (Lipinski definition) is 5. The monoisotopic (exact) mass is 224 g/mol. The molecule has 5 heteroatoms. The minimum atomic E-state index is -0.691. The zero-order chi connectivity index (χ0) is 11.7. The molecule has 16 heavy (non-hydrogen) atoms. The molecular formula is C11H16N2O3. The van der Waals surface area contributed by atoms with Gasteiger partial charge in [0.15, 0.2) is 0 Å². The van der Waals surface area contributed by atoms with Gasteiger partial charge in [0, 0.05) is 24.8 Å². The standard InChI is InChI=1S/C11H16N2O3/c1-16-11-4-7(2-3-8(11)12)13-5-9(14)10(15)6-13/h2-4,9-10,14-15H,5-6,12H2,1H3. The van der Waals surface area contributed by atoms with Crippen molar-refractivity contribution in [3.8, 4) is 5.75 Å². The molecule has 2 unspecified atom stereocenters. The van der Waals surface area contributed by atoms with Gasteiger partial charge >= 0.3 is 0 Å². The van der Waals surface area contributed by atoms with Crippen LogP contribution in [0.25, 0.3) is 0 Å². The van der Waals surface area contributed by atoms with Crippen molar-refractivity contribution in [2.24, 2.45) is 0 Å².